The molecule has 0 aliphatic rings. The third-order valence-electron chi connectivity index (χ3n) is 2.01. The number of halogens is 1. The van der Waals surface area contributed by atoms with Gasteiger partial charge < -0.3 is 4.98 Å². The van der Waals surface area contributed by atoms with Crippen molar-refractivity contribution >= 4 is 28.4 Å². The number of fused-ring (bicyclic) bond motifs is 1. The highest BCUT2D eigenvalue weighted by Gasteiger charge is 2.10. The van der Waals surface area contributed by atoms with E-state index in [4.69, 9.17) is 17.1 Å². The van der Waals surface area contributed by atoms with E-state index in [1.54, 1.807) is 18.2 Å². The molecule has 1 aromatic heterocycles. The second-order valence-corrected chi connectivity index (χ2v) is 3.32. The number of azide groups is 1. The Morgan fingerprint density at radius 2 is 2.33 bits per heavy atom. The molecule has 5 nitrogen and oxygen atoms in total. The molecule has 0 saturated heterocycles. The minimum Gasteiger partial charge on any atom is -0.360 e. The zero-order valence-corrected chi connectivity index (χ0v) is 8.19. The molecule has 74 valence electrons. The Labute approximate surface area is 89.3 Å². The zero-order chi connectivity index (χ0) is 10.8. The minimum absolute atomic E-state index is 0.324. The number of nitrogens with one attached hydrogen (secondary N) is 1. The van der Waals surface area contributed by atoms with Crippen molar-refractivity contribution in [2.45, 2.75) is 0 Å². The predicted octanol–water partition coefficient (Wildman–Crippen LogP) is 3.27. The van der Waals surface area contributed by atoms with Gasteiger partial charge in [-0.05, 0) is 28.8 Å². The van der Waals surface area contributed by atoms with Crippen LogP contribution < -0.4 is 0 Å². The number of aromatic amines is 1. The molecule has 15 heavy (non-hydrogen) atoms. The second kappa shape index (κ2) is 3.65. The van der Waals surface area contributed by atoms with Crippen molar-refractivity contribution in [3.8, 4) is 0 Å². The molecule has 6 heteroatoms. The molecule has 1 aromatic carbocycles. The third-order valence-corrected chi connectivity index (χ3v) is 2.24. The lowest BCUT2D eigenvalue weighted by Crippen LogP contribution is -1.90. The van der Waals surface area contributed by atoms with E-state index in [9.17, 15) is 4.79 Å². The van der Waals surface area contributed by atoms with Gasteiger partial charge in [0.2, 0.25) is 0 Å². The second-order valence-electron chi connectivity index (χ2n) is 2.89. The standard InChI is InChI=1S/C9H5ClN4O/c10-5-1-2-8-6(3-5)7(4-12-8)9(15)13-14-11/h1-4,12H. The molecule has 0 unspecified atom stereocenters. The van der Waals surface area contributed by atoms with Crippen molar-refractivity contribution in [1.29, 1.82) is 0 Å². The topological polar surface area (TPSA) is 81.6 Å². The van der Waals surface area contributed by atoms with Gasteiger partial charge in [0.1, 0.15) is 0 Å². The van der Waals surface area contributed by atoms with Gasteiger partial charge in [-0.15, -0.1) is 0 Å². The molecule has 0 fully saturated rings. The maximum absolute atomic E-state index is 11.3. The monoisotopic (exact) mass is 220 g/mol. The van der Waals surface area contributed by atoms with Crippen LogP contribution >= 0.6 is 11.6 Å². The molecule has 1 N–H and O–H groups in total. The first kappa shape index (κ1) is 9.58. The number of carbonyl (C=O) groups excluding carboxylic acids is 1. The number of carbonyl (C=O) groups is 1. The fourth-order valence-corrected chi connectivity index (χ4v) is 1.54. The van der Waals surface area contributed by atoms with Gasteiger partial charge in [-0.25, -0.2) is 0 Å². The summed E-state index contributed by atoms with van der Waals surface area (Å²) in [7, 11) is 0. The predicted molar refractivity (Wildman–Crippen MR) is 56.8 cm³/mol. The van der Waals surface area contributed by atoms with Gasteiger partial charge in [-0.2, -0.15) is 0 Å². The van der Waals surface area contributed by atoms with Crippen LogP contribution in [-0.2, 0) is 0 Å². The van der Waals surface area contributed by atoms with Crippen LogP contribution in [0, 0.1) is 0 Å². The lowest BCUT2D eigenvalue weighted by atomic mass is 10.2. The summed E-state index contributed by atoms with van der Waals surface area (Å²) in [6.45, 7) is 0. The molecule has 2 aromatic rings. The maximum Gasteiger partial charge on any atom is 0.251 e. The molecule has 2 rings (SSSR count). The van der Waals surface area contributed by atoms with Gasteiger partial charge >= 0.3 is 0 Å². The highest BCUT2D eigenvalue weighted by atomic mass is 35.5. The van der Waals surface area contributed by atoms with Crippen LogP contribution in [0.25, 0.3) is 21.3 Å². The molecule has 0 bridgehead atoms. The zero-order valence-electron chi connectivity index (χ0n) is 7.44. The fourth-order valence-electron chi connectivity index (χ4n) is 1.36. The average molecular weight is 221 g/mol. The van der Waals surface area contributed by atoms with E-state index in [1.807, 2.05) is 0 Å². The first-order valence-electron chi connectivity index (χ1n) is 4.08. The van der Waals surface area contributed by atoms with Gasteiger partial charge in [0.25, 0.3) is 5.91 Å². The van der Waals surface area contributed by atoms with Crippen molar-refractivity contribution < 1.29 is 4.79 Å². The van der Waals surface area contributed by atoms with E-state index >= 15 is 0 Å². The van der Waals surface area contributed by atoms with Gasteiger partial charge in [0.05, 0.1) is 0 Å². The number of aromatic nitrogens is 1. The smallest absolute Gasteiger partial charge is 0.251 e. The van der Waals surface area contributed by atoms with Crippen molar-refractivity contribution in [1.82, 2.24) is 4.98 Å². The molecule has 0 atom stereocenters. The highest BCUT2D eigenvalue weighted by Crippen LogP contribution is 2.22. The van der Waals surface area contributed by atoms with Crippen molar-refractivity contribution in [3.63, 3.8) is 0 Å². The van der Waals surface area contributed by atoms with Crippen LogP contribution in [0.1, 0.15) is 10.4 Å². The summed E-state index contributed by atoms with van der Waals surface area (Å²) in [6.07, 6.45) is 1.50. The molecule has 1 amide bonds. The number of nitrogens with zero attached hydrogens (tertiary/aromatic N) is 3. The van der Waals surface area contributed by atoms with E-state index < -0.39 is 5.91 Å². The molecule has 0 spiro atoms. The fraction of sp³-hybridized carbons (Fsp3) is 0. The lowest BCUT2D eigenvalue weighted by Gasteiger charge is -1.93. The summed E-state index contributed by atoms with van der Waals surface area (Å²) in [5.74, 6) is -0.619. The minimum atomic E-state index is -0.619. The van der Waals surface area contributed by atoms with Crippen molar-refractivity contribution in [2.24, 2.45) is 5.11 Å². The SMILES string of the molecule is [N-]=[N+]=NC(=O)c1c[nH]c2ccc(Cl)cc12. The number of H-pyrrole nitrogens is 1. The molecule has 0 aliphatic heterocycles. The maximum atomic E-state index is 11.3. The highest BCUT2D eigenvalue weighted by molar-refractivity contribution is 6.31. The summed E-state index contributed by atoms with van der Waals surface area (Å²) < 4.78 is 0. The van der Waals surface area contributed by atoms with Crippen LogP contribution in [0.2, 0.25) is 5.02 Å². The Morgan fingerprint density at radius 3 is 3.07 bits per heavy atom. The van der Waals surface area contributed by atoms with Gasteiger partial charge in [0.15, 0.2) is 0 Å². The van der Waals surface area contributed by atoms with E-state index in [-0.39, 0.29) is 0 Å². The van der Waals surface area contributed by atoms with Gasteiger partial charge in [-0.1, -0.05) is 11.6 Å². The van der Waals surface area contributed by atoms with E-state index in [1.165, 1.54) is 6.20 Å². The molecule has 0 saturated carbocycles. The molecule has 1 heterocycles. The number of hydrogen-bond donors (Lipinski definition) is 1. The van der Waals surface area contributed by atoms with Crippen molar-refractivity contribution in [2.75, 3.05) is 0 Å². The Kier molecular flexibility index (Phi) is 2.33. The normalized spacial score (nSPS) is 9.93. The average Bonchev–Trinajstić information content (AvgIpc) is 2.60. The molecular weight excluding hydrogens is 216 g/mol. The van der Waals surface area contributed by atoms with E-state index in [0.29, 0.717) is 16.0 Å². The van der Waals surface area contributed by atoms with Gasteiger partial charge in [-0.3, -0.25) is 4.79 Å². The Balaban J connectivity index is 2.66. The first-order chi connectivity index (χ1) is 7.22. The summed E-state index contributed by atoms with van der Waals surface area (Å²) in [4.78, 5) is 16.7. The van der Waals surface area contributed by atoms with E-state index in [0.717, 1.165) is 5.52 Å². The molecule has 0 radical (unpaired) electrons. The molecule has 0 aliphatic carbocycles. The quantitative estimate of drug-likeness (QED) is 0.447. The summed E-state index contributed by atoms with van der Waals surface area (Å²) >= 11 is 5.80. The number of benzene rings is 1. The van der Waals surface area contributed by atoms with E-state index in [2.05, 4.69) is 15.0 Å². The Hall–Kier alpha value is -1.97. The number of hydrogen-bond acceptors (Lipinski definition) is 1. The summed E-state index contributed by atoms with van der Waals surface area (Å²) in [5.41, 5.74) is 9.26. The number of amides is 1. The summed E-state index contributed by atoms with van der Waals surface area (Å²) in [6, 6.07) is 5.11. The van der Waals surface area contributed by atoms with Crippen LogP contribution in [0.3, 0.4) is 0 Å². The largest absolute Gasteiger partial charge is 0.360 e. The Bertz CT molecular complexity index is 583. The lowest BCUT2D eigenvalue weighted by molar-refractivity contribution is 0.100. The van der Waals surface area contributed by atoms with Crippen LogP contribution in [0.15, 0.2) is 29.5 Å². The third kappa shape index (κ3) is 1.66. The van der Waals surface area contributed by atoms with Gasteiger partial charge in [0, 0.05) is 32.6 Å². The van der Waals surface area contributed by atoms with Crippen molar-refractivity contribution in [3.05, 3.63) is 45.4 Å². The van der Waals surface area contributed by atoms with Crippen LogP contribution in [-0.4, -0.2) is 10.9 Å². The first-order valence-corrected chi connectivity index (χ1v) is 4.46. The molecular formula is C9H5ClN4O. The van der Waals surface area contributed by atoms with Crippen LogP contribution in [0.4, 0.5) is 0 Å². The van der Waals surface area contributed by atoms with Crippen LogP contribution in [0.5, 0.6) is 0 Å². The Morgan fingerprint density at radius 1 is 1.53 bits per heavy atom. The summed E-state index contributed by atoms with van der Waals surface area (Å²) in [5, 5.41) is 4.20. The number of rotatable bonds is 1.